The lowest BCUT2D eigenvalue weighted by Crippen LogP contribution is -2.43. The molecular weight excluding hydrogens is 410 g/mol. The number of anilines is 1. The molecule has 2 saturated heterocycles. The Morgan fingerprint density at radius 1 is 1.03 bits per heavy atom. The van der Waals surface area contributed by atoms with E-state index in [2.05, 4.69) is 47.4 Å². The Hall–Kier alpha value is -1.96. The molecule has 2 aliphatic rings. The third-order valence-electron chi connectivity index (χ3n) is 6.29. The molecule has 2 aliphatic heterocycles. The average molecular weight is 446 g/mol. The summed E-state index contributed by atoms with van der Waals surface area (Å²) in [6, 6.07) is 3.88. The summed E-state index contributed by atoms with van der Waals surface area (Å²) in [6.45, 7) is 13.3. The van der Waals surface area contributed by atoms with E-state index in [1.165, 1.54) is 24.6 Å². The van der Waals surface area contributed by atoms with E-state index >= 15 is 0 Å². The maximum Gasteiger partial charge on any atom is 0.233 e. The van der Waals surface area contributed by atoms with E-state index in [0.29, 0.717) is 36.0 Å². The van der Waals surface area contributed by atoms with Crippen LogP contribution < -0.4 is 4.90 Å². The summed E-state index contributed by atoms with van der Waals surface area (Å²) >= 11 is 1.49. The zero-order valence-electron chi connectivity index (χ0n) is 19.2. The van der Waals surface area contributed by atoms with Crippen LogP contribution in [0.5, 0.6) is 0 Å². The van der Waals surface area contributed by atoms with Crippen molar-refractivity contribution in [2.45, 2.75) is 52.2 Å². The first-order chi connectivity index (χ1) is 14.9. The smallest absolute Gasteiger partial charge is 0.233 e. The molecule has 4 unspecified atom stereocenters. The summed E-state index contributed by atoms with van der Waals surface area (Å²) in [5, 5.41) is 9.83. The van der Waals surface area contributed by atoms with Crippen molar-refractivity contribution in [1.29, 1.82) is 0 Å². The number of nitrogens with zero attached hydrogens (tertiary/aromatic N) is 5. The van der Waals surface area contributed by atoms with Crippen LogP contribution in [0.15, 0.2) is 28.0 Å². The van der Waals surface area contributed by atoms with Crippen LogP contribution in [0.1, 0.15) is 46.3 Å². The minimum Gasteiger partial charge on any atom is -0.467 e. The number of furan rings is 1. The topological polar surface area (TPSA) is 67.4 Å². The number of carbonyl (C=O) groups excluding carboxylic acids is 1. The normalized spacial score (nSPS) is 27.0. The molecule has 0 radical (unpaired) electrons. The third-order valence-corrected chi connectivity index (χ3v) is 7.24. The van der Waals surface area contributed by atoms with Crippen molar-refractivity contribution in [2.24, 2.45) is 23.7 Å². The van der Waals surface area contributed by atoms with Crippen LogP contribution in [0.3, 0.4) is 0 Å². The van der Waals surface area contributed by atoms with E-state index in [1.807, 2.05) is 17.0 Å². The zero-order valence-corrected chi connectivity index (χ0v) is 20.0. The molecular formula is C23H35N5O2S. The molecule has 0 aromatic carbocycles. The zero-order chi connectivity index (χ0) is 22.0. The fourth-order valence-electron chi connectivity index (χ4n) is 5.23. The van der Waals surface area contributed by atoms with Crippen molar-refractivity contribution in [1.82, 2.24) is 19.7 Å². The highest BCUT2D eigenvalue weighted by Gasteiger charge is 2.29. The van der Waals surface area contributed by atoms with Crippen molar-refractivity contribution in [3.63, 3.8) is 0 Å². The molecule has 2 aromatic rings. The Labute approximate surface area is 189 Å². The Kier molecular flexibility index (Phi) is 6.94. The molecule has 0 bridgehead atoms. The standard InChI is InChI=1S/C23H35N5O2S/c1-16-8-17(2)11-26(10-16)21(29)15-31-23-25-24-22(27-12-18(3)9-19(4)13-27)28(23)14-20-6-5-7-30-20/h5-7,16-19H,8-15H2,1-4H3. The van der Waals surface area contributed by atoms with E-state index in [-0.39, 0.29) is 5.91 Å². The molecule has 1 amide bonds. The van der Waals surface area contributed by atoms with Crippen LogP contribution in [0.4, 0.5) is 5.95 Å². The van der Waals surface area contributed by atoms with E-state index in [0.717, 1.165) is 43.0 Å². The highest BCUT2D eigenvalue weighted by atomic mass is 32.2. The Morgan fingerprint density at radius 3 is 2.29 bits per heavy atom. The highest BCUT2D eigenvalue weighted by Crippen LogP contribution is 2.29. The van der Waals surface area contributed by atoms with E-state index < -0.39 is 0 Å². The minimum atomic E-state index is 0.192. The molecule has 7 nitrogen and oxygen atoms in total. The quantitative estimate of drug-likeness (QED) is 0.626. The molecule has 0 saturated carbocycles. The number of likely N-dealkylation sites (tertiary alicyclic amines) is 1. The second-order valence-electron chi connectivity index (χ2n) is 9.83. The SMILES string of the molecule is CC1CC(C)CN(C(=O)CSc2nnc(N3CC(C)CC(C)C3)n2Cc2ccco2)C1. The van der Waals surface area contributed by atoms with Gasteiger partial charge in [0.05, 0.1) is 18.6 Å². The monoisotopic (exact) mass is 445 g/mol. The molecule has 31 heavy (non-hydrogen) atoms. The van der Waals surface area contributed by atoms with Crippen LogP contribution in [0.25, 0.3) is 0 Å². The van der Waals surface area contributed by atoms with Gasteiger partial charge in [-0.15, -0.1) is 10.2 Å². The summed E-state index contributed by atoms with van der Waals surface area (Å²) < 4.78 is 7.73. The fraction of sp³-hybridized carbons (Fsp3) is 0.696. The maximum absolute atomic E-state index is 12.9. The number of thioether (sulfide) groups is 1. The van der Waals surface area contributed by atoms with Gasteiger partial charge >= 0.3 is 0 Å². The fourth-order valence-corrected chi connectivity index (χ4v) is 6.06. The van der Waals surface area contributed by atoms with Gasteiger partial charge in [-0.1, -0.05) is 39.5 Å². The van der Waals surface area contributed by atoms with Gasteiger partial charge in [-0.05, 0) is 48.6 Å². The molecule has 0 spiro atoms. The van der Waals surface area contributed by atoms with Gasteiger partial charge in [-0.3, -0.25) is 9.36 Å². The van der Waals surface area contributed by atoms with Crippen LogP contribution >= 0.6 is 11.8 Å². The molecule has 0 aliphatic carbocycles. The van der Waals surface area contributed by atoms with Gasteiger partial charge in [0.15, 0.2) is 5.16 Å². The number of hydrogen-bond donors (Lipinski definition) is 0. The summed E-state index contributed by atoms with van der Waals surface area (Å²) in [5.41, 5.74) is 0. The van der Waals surface area contributed by atoms with Gasteiger partial charge in [0.2, 0.25) is 11.9 Å². The largest absolute Gasteiger partial charge is 0.467 e. The molecule has 2 fully saturated rings. The summed E-state index contributed by atoms with van der Waals surface area (Å²) in [4.78, 5) is 17.3. The van der Waals surface area contributed by atoms with Crippen molar-refractivity contribution in [2.75, 3.05) is 36.8 Å². The first kappa shape index (κ1) is 22.2. The highest BCUT2D eigenvalue weighted by molar-refractivity contribution is 7.99. The Morgan fingerprint density at radius 2 is 1.68 bits per heavy atom. The second-order valence-corrected chi connectivity index (χ2v) is 10.8. The predicted molar refractivity (Wildman–Crippen MR) is 123 cm³/mol. The Bertz CT molecular complexity index is 847. The Balaban J connectivity index is 1.50. The molecule has 4 atom stereocenters. The summed E-state index contributed by atoms with van der Waals surface area (Å²) in [7, 11) is 0. The lowest BCUT2D eigenvalue weighted by atomic mass is 9.92. The van der Waals surface area contributed by atoms with Gasteiger partial charge in [0.25, 0.3) is 0 Å². The van der Waals surface area contributed by atoms with Crippen LogP contribution in [0.2, 0.25) is 0 Å². The van der Waals surface area contributed by atoms with Gasteiger partial charge in [0, 0.05) is 26.2 Å². The number of amides is 1. The molecule has 4 heterocycles. The predicted octanol–water partition coefficient (Wildman–Crippen LogP) is 4.00. The number of hydrogen-bond acceptors (Lipinski definition) is 6. The van der Waals surface area contributed by atoms with E-state index in [1.54, 1.807) is 6.26 Å². The maximum atomic E-state index is 12.9. The molecule has 170 valence electrons. The van der Waals surface area contributed by atoms with Crippen molar-refractivity contribution < 1.29 is 9.21 Å². The number of aromatic nitrogens is 3. The molecule has 0 N–H and O–H groups in total. The van der Waals surface area contributed by atoms with Crippen molar-refractivity contribution in [3.8, 4) is 0 Å². The van der Waals surface area contributed by atoms with Crippen LogP contribution in [-0.4, -0.2) is 57.5 Å². The lowest BCUT2D eigenvalue weighted by Gasteiger charge is -2.35. The van der Waals surface area contributed by atoms with Crippen LogP contribution in [-0.2, 0) is 11.3 Å². The molecule has 4 rings (SSSR count). The minimum absolute atomic E-state index is 0.192. The summed E-state index contributed by atoms with van der Waals surface area (Å²) in [5.74, 6) is 4.71. The number of carbonyl (C=O) groups is 1. The van der Waals surface area contributed by atoms with Gasteiger partial charge in [-0.25, -0.2) is 0 Å². The second kappa shape index (κ2) is 9.67. The molecule has 8 heteroatoms. The van der Waals surface area contributed by atoms with Gasteiger partial charge in [-0.2, -0.15) is 0 Å². The van der Waals surface area contributed by atoms with E-state index in [4.69, 9.17) is 4.42 Å². The number of piperidine rings is 2. The molecule has 2 aromatic heterocycles. The van der Waals surface area contributed by atoms with Crippen molar-refractivity contribution in [3.05, 3.63) is 24.2 Å². The lowest BCUT2D eigenvalue weighted by molar-refractivity contribution is -0.130. The van der Waals surface area contributed by atoms with Crippen LogP contribution in [0, 0.1) is 23.7 Å². The van der Waals surface area contributed by atoms with Gasteiger partial charge in [0.1, 0.15) is 5.76 Å². The first-order valence-corrected chi connectivity index (χ1v) is 12.5. The third kappa shape index (κ3) is 5.45. The van der Waals surface area contributed by atoms with Gasteiger partial charge < -0.3 is 14.2 Å². The van der Waals surface area contributed by atoms with Crippen molar-refractivity contribution >= 4 is 23.6 Å². The first-order valence-electron chi connectivity index (χ1n) is 11.5. The average Bonchev–Trinajstić information content (AvgIpc) is 3.35. The van der Waals surface area contributed by atoms with E-state index in [9.17, 15) is 4.79 Å². The number of rotatable bonds is 6. The summed E-state index contributed by atoms with van der Waals surface area (Å²) in [6.07, 6.45) is 4.13.